The molecule has 0 heterocycles. The van der Waals surface area contributed by atoms with Gasteiger partial charge in [0, 0.05) is 5.56 Å². The summed E-state index contributed by atoms with van der Waals surface area (Å²) in [7, 11) is 0. The second kappa shape index (κ2) is 4.13. The fourth-order valence-electron chi connectivity index (χ4n) is 2.07. The van der Waals surface area contributed by atoms with Crippen molar-refractivity contribution in [2.24, 2.45) is 0 Å². The van der Waals surface area contributed by atoms with E-state index < -0.39 is 0 Å². The SMILES string of the molecule is Cc1ccccc1-c1c(C)c(C)cc(O)c1O. The summed E-state index contributed by atoms with van der Waals surface area (Å²) in [6, 6.07) is 9.43. The summed E-state index contributed by atoms with van der Waals surface area (Å²) < 4.78 is 0. The van der Waals surface area contributed by atoms with E-state index in [1.165, 1.54) is 0 Å². The van der Waals surface area contributed by atoms with Crippen molar-refractivity contribution in [3.8, 4) is 22.6 Å². The molecule has 0 bridgehead atoms. The summed E-state index contributed by atoms with van der Waals surface area (Å²) >= 11 is 0. The van der Waals surface area contributed by atoms with Gasteiger partial charge in [-0.15, -0.1) is 0 Å². The minimum atomic E-state index is -0.0636. The van der Waals surface area contributed by atoms with Crippen molar-refractivity contribution in [2.75, 3.05) is 0 Å². The molecule has 2 aromatic rings. The molecule has 2 aromatic carbocycles. The van der Waals surface area contributed by atoms with Crippen molar-refractivity contribution in [3.63, 3.8) is 0 Å². The van der Waals surface area contributed by atoms with E-state index in [2.05, 4.69) is 0 Å². The predicted molar refractivity (Wildman–Crippen MR) is 69.4 cm³/mol. The van der Waals surface area contributed by atoms with Crippen LogP contribution in [0, 0.1) is 20.8 Å². The molecule has 2 nitrogen and oxygen atoms in total. The Morgan fingerprint density at radius 3 is 2.18 bits per heavy atom. The molecule has 0 aromatic heterocycles. The molecular formula is C15H16O2. The molecule has 0 radical (unpaired) electrons. The Balaban J connectivity index is 2.80. The number of phenolic OH excluding ortho intramolecular Hbond substituents is 2. The number of aromatic hydroxyl groups is 2. The van der Waals surface area contributed by atoms with E-state index in [1.807, 2.05) is 45.0 Å². The van der Waals surface area contributed by atoms with Gasteiger partial charge in [0.15, 0.2) is 11.5 Å². The van der Waals surface area contributed by atoms with Gasteiger partial charge in [-0.1, -0.05) is 24.3 Å². The Bertz CT molecular complexity index is 545. The second-order valence-corrected chi connectivity index (χ2v) is 4.38. The Hall–Kier alpha value is -1.96. The number of aryl methyl sites for hydroxylation is 2. The number of benzene rings is 2. The van der Waals surface area contributed by atoms with Crippen molar-refractivity contribution >= 4 is 0 Å². The van der Waals surface area contributed by atoms with Crippen molar-refractivity contribution in [3.05, 3.63) is 47.0 Å². The van der Waals surface area contributed by atoms with Gasteiger partial charge in [-0.05, 0) is 49.1 Å². The zero-order valence-corrected chi connectivity index (χ0v) is 10.3. The van der Waals surface area contributed by atoms with E-state index in [9.17, 15) is 10.2 Å². The highest BCUT2D eigenvalue weighted by Gasteiger charge is 2.15. The summed E-state index contributed by atoms with van der Waals surface area (Å²) in [5.74, 6) is -0.103. The largest absolute Gasteiger partial charge is 0.504 e. The molecule has 0 aliphatic heterocycles. The molecule has 0 atom stereocenters. The van der Waals surface area contributed by atoms with Crippen LogP contribution in [0.2, 0.25) is 0 Å². The Kier molecular flexibility index (Phi) is 2.80. The first-order valence-electron chi connectivity index (χ1n) is 5.60. The molecule has 0 aliphatic rings. The van der Waals surface area contributed by atoms with Crippen LogP contribution in [0.4, 0.5) is 0 Å². The maximum atomic E-state index is 10.0. The zero-order chi connectivity index (χ0) is 12.6. The van der Waals surface area contributed by atoms with Crippen LogP contribution < -0.4 is 0 Å². The van der Waals surface area contributed by atoms with Gasteiger partial charge < -0.3 is 10.2 Å². The maximum absolute atomic E-state index is 10.0. The van der Waals surface area contributed by atoms with Gasteiger partial charge in [0.2, 0.25) is 0 Å². The highest BCUT2D eigenvalue weighted by Crippen LogP contribution is 2.41. The predicted octanol–water partition coefficient (Wildman–Crippen LogP) is 3.69. The molecule has 0 spiro atoms. The summed E-state index contributed by atoms with van der Waals surface area (Å²) in [6.45, 7) is 5.88. The third-order valence-electron chi connectivity index (χ3n) is 3.21. The summed E-state index contributed by atoms with van der Waals surface area (Å²) in [5.41, 5.74) is 4.73. The van der Waals surface area contributed by atoms with Crippen LogP contribution in [-0.4, -0.2) is 10.2 Å². The molecule has 0 saturated carbocycles. The van der Waals surface area contributed by atoms with Gasteiger partial charge in [0.1, 0.15) is 0 Å². The van der Waals surface area contributed by atoms with E-state index in [0.29, 0.717) is 0 Å². The van der Waals surface area contributed by atoms with E-state index in [4.69, 9.17) is 0 Å². The van der Waals surface area contributed by atoms with Crippen LogP contribution in [0.3, 0.4) is 0 Å². The molecule has 88 valence electrons. The average molecular weight is 228 g/mol. The van der Waals surface area contributed by atoms with E-state index in [0.717, 1.165) is 27.8 Å². The number of hydrogen-bond donors (Lipinski definition) is 2. The highest BCUT2D eigenvalue weighted by atomic mass is 16.3. The number of rotatable bonds is 1. The van der Waals surface area contributed by atoms with Crippen LogP contribution >= 0.6 is 0 Å². The third-order valence-corrected chi connectivity index (χ3v) is 3.21. The van der Waals surface area contributed by atoms with E-state index in [-0.39, 0.29) is 11.5 Å². The fourth-order valence-corrected chi connectivity index (χ4v) is 2.07. The molecule has 17 heavy (non-hydrogen) atoms. The normalized spacial score (nSPS) is 10.5. The monoisotopic (exact) mass is 228 g/mol. The van der Waals surface area contributed by atoms with Crippen molar-refractivity contribution in [2.45, 2.75) is 20.8 Å². The van der Waals surface area contributed by atoms with E-state index in [1.54, 1.807) is 6.07 Å². The minimum Gasteiger partial charge on any atom is -0.504 e. The lowest BCUT2D eigenvalue weighted by atomic mass is 9.93. The summed E-state index contributed by atoms with van der Waals surface area (Å²) in [6.07, 6.45) is 0. The Labute approximate surface area is 101 Å². The topological polar surface area (TPSA) is 40.5 Å². The van der Waals surface area contributed by atoms with Crippen molar-refractivity contribution in [1.29, 1.82) is 0 Å². The van der Waals surface area contributed by atoms with Gasteiger partial charge in [-0.3, -0.25) is 0 Å². The van der Waals surface area contributed by atoms with Gasteiger partial charge in [0.25, 0.3) is 0 Å². The highest BCUT2D eigenvalue weighted by molar-refractivity contribution is 5.79. The minimum absolute atomic E-state index is 0.0394. The van der Waals surface area contributed by atoms with Crippen molar-refractivity contribution in [1.82, 2.24) is 0 Å². The molecule has 0 fully saturated rings. The molecule has 2 rings (SSSR count). The van der Waals surface area contributed by atoms with Crippen LogP contribution in [0.25, 0.3) is 11.1 Å². The fraction of sp³-hybridized carbons (Fsp3) is 0.200. The molecule has 0 amide bonds. The smallest absolute Gasteiger partial charge is 0.165 e. The number of phenols is 2. The standard InChI is InChI=1S/C15H16O2/c1-9-6-4-5-7-12(9)14-11(3)10(2)8-13(16)15(14)17/h4-8,16-17H,1-3H3. The molecule has 0 aliphatic carbocycles. The van der Waals surface area contributed by atoms with Gasteiger partial charge in [-0.2, -0.15) is 0 Å². The molecule has 2 N–H and O–H groups in total. The van der Waals surface area contributed by atoms with Gasteiger partial charge >= 0.3 is 0 Å². The van der Waals surface area contributed by atoms with Crippen LogP contribution in [0.1, 0.15) is 16.7 Å². The first-order chi connectivity index (χ1) is 8.02. The zero-order valence-electron chi connectivity index (χ0n) is 10.3. The average Bonchev–Trinajstić information content (AvgIpc) is 2.29. The lowest BCUT2D eigenvalue weighted by molar-refractivity contribution is 0.404. The van der Waals surface area contributed by atoms with Crippen LogP contribution in [0.5, 0.6) is 11.5 Å². The van der Waals surface area contributed by atoms with Crippen LogP contribution in [0.15, 0.2) is 30.3 Å². The molecular weight excluding hydrogens is 212 g/mol. The lowest BCUT2D eigenvalue weighted by Gasteiger charge is -2.14. The summed E-state index contributed by atoms with van der Waals surface area (Å²) in [5, 5.41) is 19.7. The first kappa shape index (κ1) is 11.5. The Morgan fingerprint density at radius 2 is 1.53 bits per heavy atom. The Morgan fingerprint density at radius 1 is 0.882 bits per heavy atom. The quantitative estimate of drug-likeness (QED) is 0.731. The maximum Gasteiger partial charge on any atom is 0.165 e. The van der Waals surface area contributed by atoms with Gasteiger partial charge in [0.05, 0.1) is 0 Å². The van der Waals surface area contributed by atoms with E-state index >= 15 is 0 Å². The molecule has 0 saturated heterocycles. The van der Waals surface area contributed by atoms with Crippen molar-refractivity contribution < 1.29 is 10.2 Å². The second-order valence-electron chi connectivity index (χ2n) is 4.38. The number of hydrogen-bond acceptors (Lipinski definition) is 2. The van der Waals surface area contributed by atoms with Gasteiger partial charge in [-0.25, -0.2) is 0 Å². The summed E-state index contributed by atoms with van der Waals surface area (Å²) in [4.78, 5) is 0. The molecule has 2 heteroatoms. The first-order valence-corrected chi connectivity index (χ1v) is 5.60. The molecule has 0 unspecified atom stereocenters. The van der Waals surface area contributed by atoms with Crippen LogP contribution in [-0.2, 0) is 0 Å². The lowest BCUT2D eigenvalue weighted by Crippen LogP contribution is -1.91. The third kappa shape index (κ3) is 1.86.